The van der Waals surface area contributed by atoms with Gasteiger partial charge >= 0.3 is 0 Å². The summed E-state index contributed by atoms with van der Waals surface area (Å²) in [5.74, 6) is -0.670. The first-order valence-corrected chi connectivity index (χ1v) is 6.98. The number of nitrogens with zero attached hydrogens (tertiary/aromatic N) is 2. The zero-order valence-corrected chi connectivity index (χ0v) is 12.9. The highest BCUT2D eigenvalue weighted by Gasteiger charge is 2.19. The summed E-state index contributed by atoms with van der Waals surface area (Å²) in [7, 11) is 2.69. The molecule has 0 aliphatic rings. The Morgan fingerprint density at radius 1 is 1.47 bits per heavy atom. The third kappa shape index (κ3) is 3.52. The molecular formula is C11H11BrFN3O2S. The minimum atomic E-state index is -0.657. The highest BCUT2D eigenvalue weighted by molar-refractivity contribution is 9.10. The van der Waals surface area contributed by atoms with Gasteiger partial charge in [-0.15, -0.1) is 0 Å². The monoisotopic (exact) mass is 347 g/mol. The number of hydrogen-bond acceptors (Lipinski definition) is 5. The highest BCUT2D eigenvalue weighted by Crippen LogP contribution is 2.41. The van der Waals surface area contributed by atoms with Gasteiger partial charge in [-0.25, -0.2) is 4.99 Å². The van der Waals surface area contributed by atoms with E-state index in [0.717, 1.165) is 0 Å². The normalized spacial score (nSPS) is 10.8. The summed E-state index contributed by atoms with van der Waals surface area (Å²) in [6.45, 7) is 0. The van der Waals surface area contributed by atoms with Gasteiger partial charge in [-0.3, -0.25) is 5.32 Å². The predicted octanol–water partition coefficient (Wildman–Crippen LogP) is 3.03. The average Bonchev–Trinajstić information content (AvgIpc) is 2.38. The molecule has 19 heavy (non-hydrogen) atoms. The van der Waals surface area contributed by atoms with Crippen molar-refractivity contribution < 1.29 is 13.9 Å². The molecule has 0 heterocycles. The number of ether oxygens (including phenoxy) is 2. The van der Waals surface area contributed by atoms with E-state index in [1.54, 1.807) is 18.5 Å². The largest absolute Gasteiger partial charge is 0.492 e. The fourth-order valence-electron chi connectivity index (χ4n) is 1.32. The Morgan fingerprint density at radius 3 is 2.58 bits per heavy atom. The number of thioether (sulfide) groups is 1. The van der Waals surface area contributed by atoms with E-state index >= 15 is 0 Å². The lowest BCUT2D eigenvalue weighted by molar-refractivity contribution is 0.350. The van der Waals surface area contributed by atoms with Crippen LogP contribution in [0.5, 0.6) is 11.5 Å². The Kier molecular flexibility index (Phi) is 5.92. The van der Waals surface area contributed by atoms with E-state index in [1.165, 1.54) is 26.0 Å². The molecule has 1 aromatic rings. The summed E-state index contributed by atoms with van der Waals surface area (Å²) in [5.41, 5.74) is 0.250. The quantitative estimate of drug-likeness (QED) is 0.394. The summed E-state index contributed by atoms with van der Waals surface area (Å²) >= 11 is 4.41. The average molecular weight is 348 g/mol. The molecule has 0 radical (unpaired) electrons. The summed E-state index contributed by atoms with van der Waals surface area (Å²) in [5, 5.41) is 11.3. The van der Waals surface area contributed by atoms with Crippen LogP contribution in [0.3, 0.4) is 0 Å². The summed E-state index contributed by atoms with van der Waals surface area (Å²) in [6.07, 6.45) is 3.50. The van der Waals surface area contributed by atoms with Crippen molar-refractivity contribution in [3.05, 3.63) is 16.4 Å². The second kappa shape index (κ2) is 7.21. The number of methoxy groups -OCH3 is 2. The Hall–Kier alpha value is -1.46. The van der Waals surface area contributed by atoms with Gasteiger partial charge in [0.25, 0.3) is 0 Å². The van der Waals surface area contributed by atoms with Crippen LogP contribution in [0, 0.1) is 17.3 Å². The molecule has 0 amide bonds. The molecule has 0 saturated carbocycles. The molecule has 0 saturated heterocycles. The van der Waals surface area contributed by atoms with Crippen molar-refractivity contribution in [2.24, 2.45) is 4.99 Å². The van der Waals surface area contributed by atoms with Crippen molar-refractivity contribution >= 4 is 38.5 Å². The molecule has 8 heteroatoms. The second-order valence-electron chi connectivity index (χ2n) is 3.12. The molecule has 1 aromatic carbocycles. The molecule has 1 rings (SSSR count). The Bertz CT molecular complexity index is 546. The molecule has 102 valence electrons. The smallest absolute Gasteiger partial charge is 0.210 e. The number of benzene rings is 1. The van der Waals surface area contributed by atoms with Crippen molar-refractivity contribution in [1.82, 2.24) is 5.32 Å². The topological polar surface area (TPSA) is 66.6 Å². The number of nitrogens with one attached hydrogen (secondary N) is 1. The van der Waals surface area contributed by atoms with Crippen LogP contribution in [0.4, 0.5) is 10.1 Å². The minimum Gasteiger partial charge on any atom is -0.492 e. The van der Waals surface area contributed by atoms with Gasteiger partial charge in [-0.05, 0) is 28.3 Å². The first-order chi connectivity index (χ1) is 9.08. The molecule has 0 bridgehead atoms. The van der Waals surface area contributed by atoms with E-state index in [2.05, 4.69) is 26.2 Å². The van der Waals surface area contributed by atoms with Gasteiger partial charge < -0.3 is 9.47 Å². The van der Waals surface area contributed by atoms with Crippen LogP contribution >= 0.6 is 27.7 Å². The van der Waals surface area contributed by atoms with Gasteiger partial charge in [0.1, 0.15) is 5.69 Å². The van der Waals surface area contributed by atoms with E-state index in [4.69, 9.17) is 14.7 Å². The van der Waals surface area contributed by atoms with Gasteiger partial charge in [-0.2, -0.15) is 9.65 Å². The fourth-order valence-corrected chi connectivity index (χ4v) is 2.21. The SMILES string of the molecule is COc1c(Br)cc(N=C(NC#N)SC)c(OC)c1F. The molecule has 0 unspecified atom stereocenters. The first-order valence-electron chi connectivity index (χ1n) is 4.96. The summed E-state index contributed by atoms with van der Waals surface area (Å²) in [4.78, 5) is 4.13. The number of rotatable bonds is 3. The number of hydrogen-bond donors (Lipinski definition) is 1. The van der Waals surface area contributed by atoms with Gasteiger partial charge in [-0.1, -0.05) is 11.8 Å². The molecule has 0 fully saturated rings. The molecule has 1 N–H and O–H groups in total. The third-order valence-corrected chi connectivity index (χ3v) is 3.27. The molecule has 5 nitrogen and oxygen atoms in total. The lowest BCUT2D eigenvalue weighted by atomic mass is 10.2. The standard InChI is InChI=1S/C11H11BrFN3O2S/c1-17-9-6(12)4-7(10(18-2)8(9)13)16-11(19-3)15-5-14/h4H,1-3H3,(H,15,16). The van der Waals surface area contributed by atoms with Crippen LogP contribution in [-0.2, 0) is 0 Å². The van der Waals surface area contributed by atoms with E-state index in [0.29, 0.717) is 9.64 Å². The Balaban J connectivity index is 3.40. The van der Waals surface area contributed by atoms with Crippen molar-refractivity contribution in [1.29, 1.82) is 5.26 Å². The van der Waals surface area contributed by atoms with Gasteiger partial charge in [0, 0.05) is 0 Å². The number of halogens is 2. The van der Waals surface area contributed by atoms with Gasteiger partial charge in [0.15, 0.2) is 22.9 Å². The Labute approximate surface area is 122 Å². The maximum atomic E-state index is 14.1. The Morgan fingerprint density at radius 2 is 2.11 bits per heavy atom. The van der Waals surface area contributed by atoms with Crippen LogP contribution in [0.2, 0.25) is 0 Å². The van der Waals surface area contributed by atoms with Crippen molar-refractivity contribution in [3.8, 4) is 17.7 Å². The van der Waals surface area contributed by atoms with Crippen molar-refractivity contribution in [2.75, 3.05) is 20.5 Å². The minimum absolute atomic E-state index is 0.0368. The molecular weight excluding hydrogens is 337 g/mol. The van der Waals surface area contributed by atoms with Crippen molar-refractivity contribution in [2.45, 2.75) is 0 Å². The summed E-state index contributed by atoms with van der Waals surface area (Å²) < 4.78 is 24.4. The molecule has 0 atom stereocenters. The molecule has 0 aliphatic carbocycles. The number of aliphatic imine (C=N–C) groups is 1. The molecule has 0 aromatic heterocycles. The zero-order valence-electron chi connectivity index (χ0n) is 10.5. The van der Waals surface area contributed by atoms with Crippen LogP contribution in [0.1, 0.15) is 0 Å². The van der Waals surface area contributed by atoms with Crippen molar-refractivity contribution in [3.63, 3.8) is 0 Å². The predicted molar refractivity (Wildman–Crippen MR) is 76.6 cm³/mol. The zero-order chi connectivity index (χ0) is 14.4. The van der Waals surface area contributed by atoms with E-state index in [1.807, 2.05) is 0 Å². The molecule has 0 aliphatic heterocycles. The maximum Gasteiger partial charge on any atom is 0.210 e. The van der Waals surface area contributed by atoms with Crippen LogP contribution in [-0.4, -0.2) is 25.6 Å². The number of nitriles is 1. The van der Waals surface area contributed by atoms with E-state index in [9.17, 15) is 4.39 Å². The maximum absolute atomic E-state index is 14.1. The first kappa shape index (κ1) is 15.6. The summed E-state index contributed by atoms with van der Waals surface area (Å²) in [6, 6.07) is 1.55. The van der Waals surface area contributed by atoms with E-state index < -0.39 is 5.82 Å². The van der Waals surface area contributed by atoms with Gasteiger partial charge in [0.2, 0.25) is 5.82 Å². The van der Waals surface area contributed by atoms with E-state index in [-0.39, 0.29) is 17.2 Å². The highest BCUT2D eigenvalue weighted by atomic mass is 79.9. The van der Waals surface area contributed by atoms with Crippen LogP contribution in [0.15, 0.2) is 15.5 Å². The fraction of sp³-hybridized carbons (Fsp3) is 0.273. The van der Waals surface area contributed by atoms with Crippen LogP contribution < -0.4 is 14.8 Å². The lowest BCUT2D eigenvalue weighted by Crippen LogP contribution is -2.12. The lowest BCUT2D eigenvalue weighted by Gasteiger charge is -2.12. The van der Waals surface area contributed by atoms with Crippen LogP contribution in [0.25, 0.3) is 0 Å². The second-order valence-corrected chi connectivity index (χ2v) is 4.77. The third-order valence-electron chi connectivity index (χ3n) is 2.10. The number of amidine groups is 1. The molecule has 0 spiro atoms. The van der Waals surface area contributed by atoms with Gasteiger partial charge in [0.05, 0.1) is 18.7 Å².